The lowest BCUT2D eigenvalue weighted by atomic mass is 9.64. The average Bonchev–Trinajstić information content (AvgIpc) is 3.32. The van der Waals surface area contributed by atoms with Crippen molar-refractivity contribution in [3.8, 4) is 17.1 Å². The zero-order chi connectivity index (χ0) is 20.1. The number of carbonyl (C=O) groups excluding carboxylic acids is 1. The highest BCUT2D eigenvalue weighted by Gasteiger charge is 2.53. The molecule has 146 valence electrons. The van der Waals surface area contributed by atoms with Crippen molar-refractivity contribution in [3.05, 3.63) is 43.5 Å². The Morgan fingerprint density at radius 1 is 1.39 bits per heavy atom. The van der Waals surface area contributed by atoms with Gasteiger partial charge in [-0.3, -0.25) is 9.48 Å². The van der Waals surface area contributed by atoms with Gasteiger partial charge in [0.25, 0.3) is 0 Å². The van der Waals surface area contributed by atoms with Crippen molar-refractivity contribution in [3.63, 3.8) is 0 Å². The van der Waals surface area contributed by atoms with E-state index in [1.807, 2.05) is 32.6 Å². The SMILES string of the molecule is C=CC(=O)N(C)C1CC(Oc2nc(-c3cnn(C)c3)cn3nccc23)C1(C)C. The fraction of sp³-hybridized carbons (Fsp3) is 0.400. The van der Waals surface area contributed by atoms with Crippen molar-refractivity contribution in [1.82, 2.24) is 29.3 Å². The van der Waals surface area contributed by atoms with E-state index < -0.39 is 0 Å². The van der Waals surface area contributed by atoms with Crippen LogP contribution < -0.4 is 4.74 Å². The number of hydrogen-bond donors (Lipinski definition) is 0. The summed E-state index contributed by atoms with van der Waals surface area (Å²) in [6.45, 7) is 7.79. The number of nitrogens with zero attached hydrogens (tertiary/aromatic N) is 6. The average molecular weight is 380 g/mol. The normalized spacial score (nSPS) is 20.6. The second-order valence-corrected chi connectivity index (χ2v) is 7.83. The van der Waals surface area contributed by atoms with Gasteiger partial charge in [0.1, 0.15) is 11.6 Å². The van der Waals surface area contributed by atoms with Gasteiger partial charge in [0.05, 0.1) is 24.3 Å². The number of fused-ring (bicyclic) bond motifs is 1. The lowest BCUT2D eigenvalue weighted by molar-refractivity contribution is -0.144. The summed E-state index contributed by atoms with van der Waals surface area (Å²) < 4.78 is 9.84. The van der Waals surface area contributed by atoms with E-state index in [1.165, 1.54) is 6.08 Å². The third-order valence-corrected chi connectivity index (χ3v) is 5.73. The molecule has 1 fully saturated rings. The maximum absolute atomic E-state index is 12.0. The molecule has 1 amide bonds. The largest absolute Gasteiger partial charge is 0.472 e. The molecule has 0 saturated heterocycles. The number of carbonyl (C=O) groups is 1. The molecule has 2 unspecified atom stereocenters. The zero-order valence-corrected chi connectivity index (χ0v) is 16.5. The molecule has 1 aliphatic rings. The van der Waals surface area contributed by atoms with E-state index in [2.05, 4.69) is 30.6 Å². The quantitative estimate of drug-likeness (QED) is 0.635. The molecular formula is C20H24N6O2. The van der Waals surface area contributed by atoms with E-state index in [0.717, 1.165) is 23.2 Å². The van der Waals surface area contributed by atoms with Gasteiger partial charge in [-0.2, -0.15) is 10.2 Å². The maximum atomic E-state index is 12.0. The monoisotopic (exact) mass is 380 g/mol. The highest BCUT2D eigenvalue weighted by atomic mass is 16.5. The minimum absolute atomic E-state index is 0.0621. The summed E-state index contributed by atoms with van der Waals surface area (Å²) in [6.07, 6.45) is 9.28. The molecule has 8 heteroatoms. The Morgan fingerprint density at radius 2 is 2.18 bits per heavy atom. The topological polar surface area (TPSA) is 77.6 Å². The lowest BCUT2D eigenvalue weighted by Gasteiger charge is -2.54. The van der Waals surface area contributed by atoms with Crippen molar-refractivity contribution in [1.29, 1.82) is 0 Å². The van der Waals surface area contributed by atoms with Crippen LogP contribution in [0.4, 0.5) is 0 Å². The molecule has 1 saturated carbocycles. The van der Waals surface area contributed by atoms with Crippen LogP contribution in [0.3, 0.4) is 0 Å². The Kier molecular flexibility index (Phi) is 4.21. The number of likely N-dealkylation sites (N-methyl/N-ethyl adjacent to an activating group) is 1. The predicted molar refractivity (Wildman–Crippen MR) is 105 cm³/mol. The molecule has 2 atom stereocenters. The Balaban J connectivity index is 1.63. The summed E-state index contributed by atoms with van der Waals surface area (Å²) in [5.74, 6) is 0.458. The summed E-state index contributed by atoms with van der Waals surface area (Å²) >= 11 is 0. The third kappa shape index (κ3) is 2.85. The first-order valence-corrected chi connectivity index (χ1v) is 9.20. The minimum Gasteiger partial charge on any atom is -0.472 e. The summed E-state index contributed by atoms with van der Waals surface area (Å²) in [4.78, 5) is 18.4. The first kappa shape index (κ1) is 18.2. The van der Waals surface area contributed by atoms with Crippen LogP contribution in [0.1, 0.15) is 20.3 Å². The highest BCUT2D eigenvalue weighted by molar-refractivity contribution is 5.87. The molecule has 0 spiro atoms. The Morgan fingerprint density at radius 3 is 2.82 bits per heavy atom. The first-order chi connectivity index (χ1) is 13.3. The van der Waals surface area contributed by atoms with Gasteiger partial charge in [-0.25, -0.2) is 9.50 Å². The molecule has 3 heterocycles. The van der Waals surface area contributed by atoms with Crippen LogP contribution >= 0.6 is 0 Å². The van der Waals surface area contributed by atoms with Crippen LogP contribution in [0, 0.1) is 5.41 Å². The zero-order valence-electron chi connectivity index (χ0n) is 16.5. The van der Waals surface area contributed by atoms with Crippen LogP contribution in [0.2, 0.25) is 0 Å². The van der Waals surface area contributed by atoms with Gasteiger partial charge >= 0.3 is 0 Å². The molecule has 28 heavy (non-hydrogen) atoms. The summed E-state index contributed by atoms with van der Waals surface area (Å²) in [6, 6.07) is 1.97. The van der Waals surface area contributed by atoms with Gasteiger partial charge < -0.3 is 9.64 Å². The van der Waals surface area contributed by atoms with E-state index in [9.17, 15) is 4.79 Å². The number of aryl methyl sites for hydroxylation is 1. The number of rotatable bonds is 5. The third-order valence-electron chi connectivity index (χ3n) is 5.73. The van der Waals surface area contributed by atoms with E-state index in [-0.39, 0.29) is 23.5 Å². The highest BCUT2D eigenvalue weighted by Crippen LogP contribution is 2.46. The molecule has 3 aromatic heterocycles. The summed E-state index contributed by atoms with van der Waals surface area (Å²) in [5.41, 5.74) is 2.23. The standard InChI is InChI=1S/C20H24N6O2/c1-6-18(27)25(5)16-9-17(20(16,2)3)28-19-15-7-8-21-26(15)12-14(23-19)13-10-22-24(4)11-13/h6-8,10-12,16-17H,1,9H2,2-5H3. The fourth-order valence-corrected chi connectivity index (χ4v) is 3.83. The van der Waals surface area contributed by atoms with Crippen molar-refractivity contribution in [2.45, 2.75) is 32.4 Å². The van der Waals surface area contributed by atoms with Crippen LogP contribution in [-0.4, -0.2) is 54.4 Å². The second kappa shape index (κ2) is 6.47. The van der Waals surface area contributed by atoms with Crippen LogP contribution in [0.15, 0.2) is 43.5 Å². The summed E-state index contributed by atoms with van der Waals surface area (Å²) in [7, 11) is 3.68. The molecular weight excluding hydrogens is 356 g/mol. The molecule has 1 aliphatic carbocycles. The molecule has 0 radical (unpaired) electrons. The minimum atomic E-state index is -0.212. The maximum Gasteiger partial charge on any atom is 0.245 e. The smallest absolute Gasteiger partial charge is 0.245 e. The predicted octanol–water partition coefficient (Wildman–Crippen LogP) is 2.32. The Labute approximate surface area is 163 Å². The van der Waals surface area contributed by atoms with E-state index in [1.54, 1.807) is 26.5 Å². The number of hydrogen-bond acceptors (Lipinski definition) is 5. The molecule has 0 bridgehead atoms. The number of aromatic nitrogens is 5. The van der Waals surface area contributed by atoms with Gasteiger partial charge in [-0.1, -0.05) is 20.4 Å². The van der Waals surface area contributed by atoms with Crippen LogP contribution in [0.5, 0.6) is 5.88 Å². The van der Waals surface area contributed by atoms with Gasteiger partial charge in [-0.05, 0) is 12.1 Å². The van der Waals surface area contributed by atoms with Gasteiger partial charge in [0, 0.05) is 43.7 Å². The Hall–Kier alpha value is -3.16. The summed E-state index contributed by atoms with van der Waals surface area (Å²) in [5, 5.41) is 8.56. The van der Waals surface area contributed by atoms with Crippen molar-refractivity contribution >= 4 is 11.4 Å². The van der Waals surface area contributed by atoms with E-state index in [0.29, 0.717) is 5.88 Å². The van der Waals surface area contributed by atoms with Crippen molar-refractivity contribution in [2.75, 3.05) is 7.05 Å². The van der Waals surface area contributed by atoms with Crippen molar-refractivity contribution in [2.24, 2.45) is 12.5 Å². The van der Waals surface area contributed by atoms with E-state index in [4.69, 9.17) is 9.72 Å². The van der Waals surface area contributed by atoms with Gasteiger partial charge in [0.2, 0.25) is 11.8 Å². The molecule has 8 nitrogen and oxygen atoms in total. The van der Waals surface area contributed by atoms with Gasteiger partial charge in [0.15, 0.2) is 0 Å². The second-order valence-electron chi connectivity index (χ2n) is 7.83. The van der Waals surface area contributed by atoms with Crippen LogP contribution in [0.25, 0.3) is 16.8 Å². The Bertz CT molecular complexity index is 1050. The lowest BCUT2D eigenvalue weighted by Crippen LogP contribution is -2.63. The fourth-order valence-electron chi connectivity index (χ4n) is 3.83. The van der Waals surface area contributed by atoms with Crippen molar-refractivity contribution < 1.29 is 9.53 Å². The van der Waals surface area contributed by atoms with Gasteiger partial charge in [-0.15, -0.1) is 0 Å². The van der Waals surface area contributed by atoms with Crippen LogP contribution in [-0.2, 0) is 11.8 Å². The molecule has 4 rings (SSSR count). The molecule has 0 aromatic carbocycles. The number of amides is 1. The van der Waals surface area contributed by atoms with E-state index >= 15 is 0 Å². The molecule has 3 aromatic rings. The number of ether oxygens (including phenoxy) is 1. The molecule has 0 N–H and O–H groups in total. The first-order valence-electron chi connectivity index (χ1n) is 9.20. The molecule has 0 aliphatic heterocycles.